The molecule has 4 rings (SSSR count). The van der Waals surface area contributed by atoms with Crippen molar-refractivity contribution >= 4 is 11.8 Å². The number of para-hydroxylation sites is 1. The molecule has 0 aliphatic carbocycles. The molecule has 0 spiro atoms. The first kappa shape index (κ1) is 21.6. The number of rotatable bonds is 7. The second-order valence-corrected chi connectivity index (χ2v) is 8.27. The monoisotopic (exact) mass is 429 g/mol. The molecule has 1 aliphatic heterocycles. The molecule has 6 heteroatoms. The Labute approximate surface area is 188 Å². The molecule has 6 nitrogen and oxygen atoms in total. The van der Waals surface area contributed by atoms with Crippen LogP contribution in [0.15, 0.2) is 73.1 Å². The van der Waals surface area contributed by atoms with Gasteiger partial charge in [0.25, 0.3) is 0 Å². The highest BCUT2D eigenvalue weighted by Gasteiger charge is 2.45. The molecule has 1 aliphatic rings. The van der Waals surface area contributed by atoms with E-state index < -0.39 is 5.41 Å². The molecule has 0 radical (unpaired) electrons. The van der Waals surface area contributed by atoms with Gasteiger partial charge in [0.15, 0.2) is 0 Å². The van der Waals surface area contributed by atoms with Crippen molar-refractivity contribution < 1.29 is 14.3 Å². The molecule has 2 amide bonds. The van der Waals surface area contributed by atoms with Crippen molar-refractivity contribution in [1.29, 1.82) is 0 Å². The Balaban J connectivity index is 1.55. The van der Waals surface area contributed by atoms with Gasteiger partial charge in [-0.25, -0.2) is 0 Å². The minimum Gasteiger partial charge on any atom is -0.496 e. The number of carbonyl (C=O) groups excluding carboxylic acids is 2. The van der Waals surface area contributed by atoms with Crippen molar-refractivity contribution in [2.45, 2.75) is 19.3 Å². The third-order valence-electron chi connectivity index (χ3n) is 6.28. The van der Waals surface area contributed by atoms with Gasteiger partial charge in [-0.2, -0.15) is 0 Å². The highest BCUT2D eigenvalue weighted by Crippen LogP contribution is 2.37. The second kappa shape index (κ2) is 9.22. The molecule has 2 heterocycles. The number of ether oxygens (including phenoxy) is 1. The fourth-order valence-corrected chi connectivity index (χ4v) is 4.48. The molecule has 0 unspecified atom stereocenters. The summed E-state index contributed by atoms with van der Waals surface area (Å²) in [4.78, 5) is 31.7. The van der Waals surface area contributed by atoms with Gasteiger partial charge in [-0.05, 0) is 36.1 Å². The van der Waals surface area contributed by atoms with Crippen LogP contribution in [0.25, 0.3) is 11.1 Å². The van der Waals surface area contributed by atoms with Crippen molar-refractivity contribution in [2.75, 3.05) is 20.2 Å². The summed E-state index contributed by atoms with van der Waals surface area (Å²) in [7, 11) is 1.59. The van der Waals surface area contributed by atoms with Gasteiger partial charge in [0.2, 0.25) is 11.8 Å². The molecule has 1 atom stereocenters. The van der Waals surface area contributed by atoms with Gasteiger partial charge >= 0.3 is 0 Å². The van der Waals surface area contributed by atoms with Gasteiger partial charge in [-0.3, -0.25) is 14.6 Å². The van der Waals surface area contributed by atoms with Crippen LogP contribution < -0.4 is 10.5 Å². The minimum absolute atomic E-state index is 0.0295. The molecule has 0 saturated carbocycles. The largest absolute Gasteiger partial charge is 0.496 e. The summed E-state index contributed by atoms with van der Waals surface area (Å²) in [5, 5.41) is 0. The fraction of sp³-hybridized carbons (Fsp3) is 0.269. The predicted octanol–water partition coefficient (Wildman–Crippen LogP) is 3.25. The first-order valence-corrected chi connectivity index (χ1v) is 10.7. The number of carbonyl (C=O) groups is 2. The molecular weight excluding hydrogens is 402 g/mol. The first-order valence-electron chi connectivity index (χ1n) is 10.7. The first-order chi connectivity index (χ1) is 15.5. The van der Waals surface area contributed by atoms with E-state index in [1.807, 2.05) is 66.9 Å². The summed E-state index contributed by atoms with van der Waals surface area (Å²) < 4.78 is 5.37. The lowest BCUT2D eigenvalue weighted by molar-refractivity contribution is -0.131. The minimum atomic E-state index is -0.797. The number of nitrogens with zero attached hydrogens (tertiary/aromatic N) is 2. The van der Waals surface area contributed by atoms with Crippen LogP contribution >= 0.6 is 0 Å². The SMILES string of the molecule is COc1ccccc1CC(=O)N1CC[C@](Cc2ccccc2-c2cccnc2)(C(N)=O)C1. The lowest BCUT2D eigenvalue weighted by Gasteiger charge is -2.27. The maximum atomic E-state index is 13.0. The molecule has 2 aromatic carbocycles. The molecule has 164 valence electrons. The lowest BCUT2D eigenvalue weighted by Crippen LogP contribution is -2.43. The fourth-order valence-electron chi connectivity index (χ4n) is 4.48. The smallest absolute Gasteiger partial charge is 0.227 e. The number of primary amides is 1. The standard InChI is InChI=1S/C26H27N3O3/c1-32-23-11-5-3-7-19(23)15-24(30)29-14-12-26(18-29,25(27)31)16-20-8-2-4-10-22(20)21-9-6-13-28-17-21/h2-11,13,17H,12,14-16,18H2,1H3,(H2,27,31)/t26-/m1/s1. The number of amides is 2. The number of methoxy groups -OCH3 is 1. The van der Waals surface area contributed by atoms with E-state index in [-0.39, 0.29) is 18.2 Å². The number of hydrogen-bond acceptors (Lipinski definition) is 4. The zero-order chi connectivity index (χ0) is 22.6. The van der Waals surface area contributed by atoms with Gasteiger partial charge < -0.3 is 15.4 Å². The van der Waals surface area contributed by atoms with Crippen LogP contribution in [-0.2, 0) is 22.4 Å². The molecule has 3 aromatic rings. The average molecular weight is 430 g/mol. The van der Waals surface area contributed by atoms with Crippen molar-refractivity contribution in [1.82, 2.24) is 9.88 Å². The van der Waals surface area contributed by atoms with Gasteiger partial charge in [0.05, 0.1) is 18.9 Å². The van der Waals surface area contributed by atoms with Gasteiger partial charge in [-0.1, -0.05) is 48.5 Å². The molecule has 0 bridgehead atoms. The van der Waals surface area contributed by atoms with Crippen LogP contribution in [0.2, 0.25) is 0 Å². The molecule has 1 aromatic heterocycles. The third-order valence-corrected chi connectivity index (χ3v) is 6.28. The van der Waals surface area contributed by atoms with Gasteiger partial charge in [0.1, 0.15) is 5.75 Å². The van der Waals surface area contributed by atoms with E-state index >= 15 is 0 Å². The Bertz CT molecular complexity index is 1120. The molecule has 2 N–H and O–H groups in total. The second-order valence-electron chi connectivity index (χ2n) is 8.27. The highest BCUT2D eigenvalue weighted by atomic mass is 16.5. The summed E-state index contributed by atoms with van der Waals surface area (Å²) in [6, 6.07) is 19.4. The van der Waals surface area contributed by atoms with Crippen molar-refractivity contribution in [3.63, 3.8) is 0 Å². The Hall–Kier alpha value is -3.67. The number of nitrogens with two attached hydrogens (primary N) is 1. The Morgan fingerprint density at radius 2 is 1.81 bits per heavy atom. The van der Waals surface area contributed by atoms with E-state index in [0.29, 0.717) is 31.7 Å². The molecule has 32 heavy (non-hydrogen) atoms. The van der Waals surface area contributed by atoms with Crippen LogP contribution in [0, 0.1) is 5.41 Å². The van der Waals surface area contributed by atoms with Crippen LogP contribution in [-0.4, -0.2) is 41.9 Å². The van der Waals surface area contributed by atoms with Crippen molar-refractivity contribution in [3.05, 3.63) is 84.2 Å². The molecular formula is C26H27N3O3. The van der Waals surface area contributed by atoms with E-state index in [4.69, 9.17) is 10.5 Å². The normalized spacial score (nSPS) is 17.8. The maximum Gasteiger partial charge on any atom is 0.227 e. The molecule has 1 fully saturated rings. The summed E-state index contributed by atoms with van der Waals surface area (Å²) in [5.41, 5.74) is 9.00. The Morgan fingerprint density at radius 1 is 1.06 bits per heavy atom. The number of likely N-dealkylation sites (tertiary alicyclic amines) is 1. The van der Waals surface area contributed by atoms with Crippen LogP contribution in [0.1, 0.15) is 17.5 Å². The summed E-state index contributed by atoms with van der Waals surface area (Å²) in [5.74, 6) is 0.288. The Kier molecular flexibility index (Phi) is 6.21. The Morgan fingerprint density at radius 3 is 2.53 bits per heavy atom. The maximum absolute atomic E-state index is 13.0. The number of pyridine rings is 1. The van der Waals surface area contributed by atoms with Crippen LogP contribution in [0.4, 0.5) is 0 Å². The van der Waals surface area contributed by atoms with E-state index in [0.717, 1.165) is 22.3 Å². The lowest BCUT2D eigenvalue weighted by atomic mass is 9.78. The van der Waals surface area contributed by atoms with Crippen LogP contribution in [0.3, 0.4) is 0 Å². The van der Waals surface area contributed by atoms with Crippen molar-refractivity contribution in [2.24, 2.45) is 11.1 Å². The topological polar surface area (TPSA) is 85.5 Å². The average Bonchev–Trinajstić information content (AvgIpc) is 3.26. The summed E-state index contributed by atoms with van der Waals surface area (Å²) in [6.07, 6.45) is 4.80. The van der Waals surface area contributed by atoms with Crippen LogP contribution in [0.5, 0.6) is 5.75 Å². The van der Waals surface area contributed by atoms with Gasteiger partial charge in [-0.15, -0.1) is 0 Å². The zero-order valence-electron chi connectivity index (χ0n) is 18.2. The van der Waals surface area contributed by atoms with E-state index in [1.165, 1.54) is 0 Å². The number of hydrogen-bond donors (Lipinski definition) is 1. The van der Waals surface area contributed by atoms with Crippen molar-refractivity contribution in [3.8, 4) is 16.9 Å². The quantitative estimate of drug-likeness (QED) is 0.625. The number of benzene rings is 2. The van der Waals surface area contributed by atoms with E-state index in [9.17, 15) is 9.59 Å². The third kappa shape index (κ3) is 4.35. The number of aromatic nitrogens is 1. The summed E-state index contributed by atoms with van der Waals surface area (Å²) >= 11 is 0. The summed E-state index contributed by atoms with van der Waals surface area (Å²) in [6.45, 7) is 0.823. The molecule has 1 saturated heterocycles. The van der Waals surface area contributed by atoms with Gasteiger partial charge in [0, 0.05) is 36.6 Å². The highest BCUT2D eigenvalue weighted by molar-refractivity contribution is 5.85. The van der Waals surface area contributed by atoms with E-state index in [2.05, 4.69) is 4.98 Å². The van der Waals surface area contributed by atoms with E-state index in [1.54, 1.807) is 18.2 Å². The predicted molar refractivity (Wildman–Crippen MR) is 123 cm³/mol. The zero-order valence-corrected chi connectivity index (χ0v) is 18.2.